The number of hydrogen-bond donors (Lipinski definition) is 1. The van der Waals surface area contributed by atoms with Crippen LogP contribution in [0.2, 0.25) is 0 Å². The molecule has 0 aromatic heterocycles. The summed E-state index contributed by atoms with van der Waals surface area (Å²) in [6, 6.07) is 0.0385. The second-order valence-electron chi connectivity index (χ2n) is 4.13. The van der Waals surface area contributed by atoms with Crippen LogP contribution < -0.4 is 5.32 Å². The van der Waals surface area contributed by atoms with E-state index >= 15 is 0 Å². The predicted molar refractivity (Wildman–Crippen MR) is 57.4 cm³/mol. The molecule has 1 unspecified atom stereocenters. The van der Waals surface area contributed by atoms with Crippen LogP contribution in [0, 0.1) is 0 Å². The number of likely N-dealkylation sites (N-methyl/N-ethyl adjacent to an activating group) is 1. The van der Waals surface area contributed by atoms with Crippen LogP contribution in [0.25, 0.3) is 0 Å². The molecule has 0 fully saturated rings. The Morgan fingerprint density at radius 3 is 2.36 bits per heavy atom. The van der Waals surface area contributed by atoms with E-state index in [1.807, 2.05) is 21.0 Å². The molecular weight excluding hydrogens is 180 g/mol. The van der Waals surface area contributed by atoms with Crippen molar-refractivity contribution in [3.8, 4) is 0 Å². The molecule has 1 N–H and O–H groups in total. The van der Waals surface area contributed by atoms with Crippen LogP contribution in [0.4, 0.5) is 4.79 Å². The van der Waals surface area contributed by atoms with Gasteiger partial charge in [-0.1, -0.05) is 0 Å². The molecule has 1 amide bonds. The monoisotopic (exact) mass is 202 g/mol. The average molecular weight is 202 g/mol. The topological polar surface area (TPSA) is 41.6 Å². The summed E-state index contributed by atoms with van der Waals surface area (Å²) < 4.78 is 4.82. The molecule has 0 saturated heterocycles. The smallest absolute Gasteiger partial charge is 0.407 e. The lowest BCUT2D eigenvalue weighted by atomic mass is 9.95. The van der Waals surface area contributed by atoms with Crippen molar-refractivity contribution in [3.63, 3.8) is 0 Å². The summed E-state index contributed by atoms with van der Waals surface area (Å²) >= 11 is 0. The molecule has 0 radical (unpaired) electrons. The van der Waals surface area contributed by atoms with Gasteiger partial charge in [0.2, 0.25) is 0 Å². The van der Waals surface area contributed by atoms with Gasteiger partial charge in [0, 0.05) is 11.6 Å². The van der Waals surface area contributed by atoms with E-state index in [9.17, 15) is 4.79 Å². The van der Waals surface area contributed by atoms with Crippen molar-refractivity contribution in [2.75, 3.05) is 20.7 Å². The quantitative estimate of drug-likeness (QED) is 0.750. The number of hydrogen-bond acceptors (Lipinski definition) is 3. The zero-order chi connectivity index (χ0) is 11.4. The molecule has 4 nitrogen and oxygen atoms in total. The van der Waals surface area contributed by atoms with Gasteiger partial charge in [0.25, 0.3) is 0 Å². The van der Waals surface area contributed by atoms with Crippen molar-refractivity contribution in [3.05, 3.63) is 0 Å². The van der Waals surface area contributed by atoms with Crippen molar-refractivity contribution in [1.82, 2.24) is 10.2 Å². The highest BCUT2D eigenvalue weighted by Gasteiger charge is 2.29. The minimum absolute atomic E-state index is 0.0385. The molecule has 84 valence electrons. The summed E-state index contributed by atoms with van der Waals surface area (Å²) in [4.78, 5) is 13.2. The number of ether oxygens (including phenoxy) is 1. The highest BCUT2D eigenvalue weighted by atomic mass is 16.5. The molecule has 0 aliphatic carbocycles. The van der Waals surface area contributed by atoms with Crippen LogP contribution in [0.15, 0.2) is 0 Å². The second kappa shape index (κ2) is 5.20. The minimum Gasteiger partial charge on any atom is -0.450 e. The third-order valence-electron chi connectivity index (χ3n) is 2.82. The maximum absolute atomic E-state index is 11.2. The highest BCUT2D eigenvalue weighted by molar-refractivity contribution is 5.67. The first-order chi connectivity index (χ1) is 6.32. The molecule has 0 bridgehead atoms. The van der Waals surface area contributed by atoms with E-state index in [2.05, 4.69) is 24.1 Å². The molecule has 4 heteroatoms. The summed E-state index contributed by atoms with van der Waals surface area (Å²) in [5.41, 5.74) is -0.0905. The molecule has 0 rings (SSSR count). The normalized spacial score (nSPS) is 13.9. The minimum atomic E-state index is -0.352. The zero-order valence-corrected chi connectivity index (χ0v) is 10.0. The Morgan fingerprint density at radius 2 is 2.00 bits per heavy atom. The van der Waals surface area contributed by atoms with E-state index in [1.165, 1.54) is 0 Å². The Hall–Kier alpha value is -0.770. The number of nitrogens with zero attached hydrogens (tertiary/aromatic N) is 1. The van der Waals surface area contributed by atoms with Crippen molar-refractivity contribution in [2.24, 2.45) is 0 Å². The standard InChI is InChI=1S/C10H22N2O2/c1-7-14-9(13)11-8(2)10(3,4)12(5)6/h8H,7H2,1-6H3,(H,11,13). The van der Waals surface area contributed by atoms with Gasteiger partial charge in [-0.05, 0) is 41.8 Å². The Morgan fingerprint density at radius 1 is 1.50 bits per heavy atom. The molecule has 0 spiro atoms. The van der Waals surface area contributed by atoms with E-state index in [0.29, 0.717) is 6.61 Å². The first-order valence-corrected chi connectivity index (χ1v) is 4.93. The number of amides is 1. The molecule has 14 heavy (non-hydrogen) atoms. The Balaban J connectivity index is 4.19. The number of rotatable bonds is 4. The summed E-state index contributed by atoms with van der Waals surface area (Å²) in [6.45, 7) is 8.31. The van der Waals surface area contributed by atoms with Crippen LogP contribution in [-0.2, 0) is 4.74 Å². The van der Waals surface area contributed by atoms with E-state index in [4.69, 9.17) is 4.74 Å². The third kappa shape index (κ3) is 3.54. The van der Waals surface area contributed by atoms with Gasteiger partial charge in [0.15, 0.2) is 0 Å². The fourth-order valence-corrected chi connectivity index (χ4v) is 0.913. The first kappa shape index (κ1) is 13.2. The second-order valence-corrected chi connectivity index (χ2v) is 4.13. The summed E-state index contributed by atoms with van der Waals surface area (Å²) in [5, 5.41) is 2.80. The van der Waals surface area contributed by atoms with Crippen molar-refractivity contribution < 1.29 is 9.53 Å². The van der Waals surface area contributed by atoms with Gasteiger partial charge in [-0.15, -0.1) is 0 Å². The van der Waals surface area contributed by atoms with E-state index in [-0.39, 0.29) is 17.7 Å². The fraction of sp³-hybridized carbons (Fsp3) is 0.900. The number of carbonyl (C=O) groups is 1. The number of nitrogens with one attached hydrogen (secondary N) is 1. The molecule has 0 saturated carbocycles. The molecule has 1 atom stereocenters. The summed E-state index contributed by atoms with van der Waals surface area (Å²) in [7, 11) is 3.98. The molecule has 0 aliphatic heterocycles. The Bertz CT molecular complexity index is 191. The SMILES string of the molecule is CCOC(=O)NC(C)C(C)(C)N(C)C. The molecule has 0 aromatic rings. The summed E-state index contributed by atoms with van der Waals surface area (Å²) in [6.07, 6.45) is -0.352. The molecular formula is C10H22N2O2. The van der Waals surface area contributed by atoms with Gasteiger partial charge >= 0.3 is 6.09 Å². The van der Waals surface area contributed by atoms with Crippen LogP contribution in [0.1, 0.15) is 27.7 Å². The van der Waals surface area contributed by atoms with Crippen LogP contribution >= 0.6 is 0 Å². The highest BCUT2D eigenvalue weighted by Crippen LogP contribution is 2.15. The van der Waals surface area contributed by atoms with Gasteiger partial charge in [-0.25, -0.2) is 4.79 Å². The van der Waals surface area contributed by atoms with Crippen molar-refractivity contribution >= 4 is 6.09 Å². The third-order valence-corrected chi connectivity index (χ3v) is 2.82. The Kier molecular flexibility index (Phi) is 4.91. The fourth-order valence-electron chi connectivity index (χ4n) is 0.913. The lowest BCUT2D eigenvalue weighted by molar-refractivity contribution is 0.117. The van der Waals surface area contributed by atoms with Crippen LogP contribution in [0.5, 0.6) is 0 Å². The van der Waals surface area contributed by atoms with Crippen LogP contribution in [-0.4, -0.2) is 43.3 Å². The predicted octanol–water partition coefficient (Wildman–Crippen LogP) is 1.46. The zero-order valence-electron chi connectivity index (χ0n) is 10.0. The van der Waals surface area contributed by atoms with E-state index in [1.54, 1.807) is 6.92 Å². The van der Waals surface area contributed by atoms with E-state index < -0.39 is 0 Å². The largest absolute Gasteiger partial charge is 0.450 e. The van der Waals surface area contributed by atoms with Gasteiger partial charge < -0.3 is 15.0 Å². The Labute approximate surface area is 86.6 Å². The van der Waals surface area contributed by atoms with Crippen molar-refractivity contribution in [1.29, 1.82) is 0 Å². The van der Waals surface area contributed by atoms with Gasteiger partial charge in [-0.3, -0.25) is 0 Å². The summed E-state index contributed by atoms with van der Waals surface area (Å²) in [5.74, 6) is 0. The van der Waals surface area contributed by atoms with Crippen molar-refractivity contribution in [2.45, 2.75) is 39.3 Å². The van der Waals surface area contributed by atoms with E-state index in [0.717, 1.165) is 0 Å². The van der Waals surface area contributed by atoms with Gasteiger partial charge in [0.05, 0.1) is 6.61 Å². The lowest BCUT2D eigenvalue weighted by Gasteiger charge is -2.38. The molecule has 0 aromatic carbocycles. The first-order valence-electron chi connectivity index (χ1n) is 4.93. The number of carbonyl (C=O) groups excluding carboxylic acids is 1. The van der Waals surface area contributed by atoms with Crippen LogP contribution in [0.3, 0.4) is 0 Å². The average Bonchev–Trinajstić information content (AvgIpc) is 2.03. The van der Waals surface area contributed by atoms with Gasteiger partial charge in [-0.2, -0.15) is 0 Å². The lowest BCUT2D eigenvalue weighted by Crippen LogP contribution is -2.55. The molecule has 0 heterocycles. The van der Waals surface area contributed by atoms with Gasteiger partial charge in [0.1, 0.15) is 0 Å². The molecule has 0 aliphatic rings. The maximum atomic E-state index is 11.2. The maximum Gasteiger partial charge on any atom is 0.407 e. The number of alkyl carbamates (subject to hydrolysis) is 1.